The summed E-state index contributed by atoms with van der Waals surface area (Å²) in [5.41, 5.74) is 5.07. The van der Waals surface area contributed by atoms with Crippen LogP contribution < -0.4 is 5.73 Å². The molecule has 6 heteroatoms. The molecule has 86 valence electrons. The third kappa shape index (κ3) is 3.47. The van der Waals surface area contributed by atoms with Gasteiger partial charge in [-0.05, 0) is 24.3 Å². The van der Waals surface area contributed by atoms with Gasteiger partial charge in [0, 0.05) is 17.1 Å². The molecule has 1 unspecified atom stereocenters. The van der Waals surface area contributed by atoms with E-state index in [0.717, 1.165) is 0 Å². The van der Waals surface area contributed by atoms with E-state index < -0.39 is 22.7 Å². The predicted molar refractivity (Wildman–Crippen MR) is 58.5 cm³/mol. The molecule has 1 rings (SSSR count). The number of benzene rings is 1. The number of carbonyl (C=O) groups excluding carboxylic acids is 1. The molecule has 0 spiro atoms. The molecular weight excluding hydrogens is 230 g/mol. The molecule has 5 nitrogen and oxygen atoms in total. The Morgan fingerprint density at radius 1 is 1.25 bits per heavy atom. The van der Waals surface area contributed by atoms with Gasteiger partial charge in [0.05, 0.1) is 16.4 Å². The number of amides is 1. The van der Waals surface area contributed by atoms with Crippen LogP contribution in [0.25, 0.3) is 0 Å². The molecular formula is C10H11NO4S. The summed E-state index contributed by atoms with van der Waals surface area (Å²) < 4.78 is 11.6. The first-order chi connectivity index (χ1) is 7.50. The van der Waals surface area contributed by atoms with Gasteiger partial charge in [-0.3, -0.25) is 9.00 Å². The van der Waals surface area contributed by atoms with Crippen molar-refractivity contribution in [3.05, 3.63) is 29.8 Å². The van der Waals surface area contributed by atoms with E-state index in [1.54, 1.807) is 0 Å². The molecule has 0 heterocycles. The number of carboxylic acids is 1. The second kappa shape index (κ2) is 5.41. The van der Waals surface area contributed by atoms with Crippen LogP contribution in [0.2, 0.25) is 0 Å². The second-order valence-electron chi connectivity index (χ2n) is 3.10. The van der Waals surface area contributed by atoms with E-state index in [0.29, 0.717) is 4.90 Å². The van der Waals surface area contributed by atoms with Crippen molar-refractivity contribution in [3.8, 4) is 0 Å². The van der Waals surface area contributed by atoms with Crippen molar-refractivity contribution in [2.75, 3.05) is 5.75 Å². The summed E-state index contributed by atoms with van der Waals surface area (Å²) in [6, 6.07) is 5.70. The number of carbonyl (C=O) groups is 2. The standard InChI is InChI=1S/C10H11NO4S/c11-9(12)5-6-16(15)8-3-1-7(2-4-8)10(13)14/h1-4H,5-6H2,(H2,11,12)(H,13,14). The molecule has 1 aromatic rings. The number of rotatable bonds is 5. The highest BCUT2D eigenvalue weighted by Crippen LogP contribution is 2.09. The summed E-state index contributed by atoms with van der Waals surface area (Å²) in [4.78, 5) is 21.5. The van der Waals surface area contributed by atoms with E-state index in [4.69, 9.17) is 10.8 Å². The van der Waals surface area contributed by atoms with E-state index in [1.165, 1.54) is 24.3 Å². The van der Waals surface area contributed by atoms with Gasteiger partial charge in [0.1, 0.15) is 0 Å². The first-order valence-corrected chi connectivity index (χ1v) is 5.82. The minimum absolute atomic E-state index is 0.0489. The molecule has 0 aromatic heterocycles. The van der Waals surface area contributed by atoms with Crippen molar-refractivity contribution >= 4 is 22.7 Å². The number of hydrogen-bond acceptors (Lipinski definition) is 3. The minimum Gasteiger partial charge on any atom is -0.478 e. The average Bonchev–Trinajstić information content (AvgIpc) is 2.26. The molecule has 16 heavy (non-hydrogen) atoms. The lowest BCUT2D eigenvalue weighted by Gasteiger charge is -2.01. The van der Waals surface area contributed by atoms with Crippen molar-refractivity contribution in [1.82, 2.24) is 0 Å². The van der Waals surface area contributed by atoms with E-state index in [1.807, 2.05) is 0 Å². The Kier molecular flexibility index (Phi) is 4.19. The fraction of sp³-hybridized carbons (Fsp3) is 0.200. The summed E-state index contributed by atoms with van der Waals surface area (Å²) in [6.45, 7) is 0. The Bertz CT molecular complexity index is 427. The van der Waals surface area contributed by atoms with Crippen LogP contribution in [0.3, 0.4) is 0 Å². The number of nitrogens with two attached hydrogens (primary N) is 1. The van der Waals surface area contributed by atoms with Gasteiger partial charge in [0.25, 0.3) is 0 Å². The molecule has 0 aliphatic rings. The zero-order valence-corrected chi connectivity index (χ0v) is 9.20. The van der Waals surface area contributed by atoms with Crippen LogP contribution in [0.5, 0.6) is 0 Å². The van der Waals surface area contributed by atoms with Gasteiger partial charge in [-0.15, -0.1) is 0 Å². The molecule has 1 amide bonds. The van der Waals surface area contributed by atoms with Gasteiger partial charge in [-0.1, -0.05) is 0 Å². The fourth-order valence-electron chi connectivity index (χ4n) is 1.06. The summed E-state index contributed by atoms with van der Waals surface area (Å²) >= 11 is 0. The topological polar surface area (TPSA) is 97.5 Å². The first-order valence-electron chi connectivity index (χ1n) is 4.50. The monoisotopic (exact) mass is 241 g/mol. The highest BCUT2D eigenvalue weighted by atomic mass is 32.2. The van der Waals surface area contributed by atoms with E-state index >= 15 is 0 Å². The SMILES string of the molecule is NC(=O)CCS(=O)c1ccc(C(=O)O)cc1. The summed E-state index contributed by atoms with van der Waals surface area (Å²) in [7, 11) is -1.32. The number of hydrogen-bond donors (Lipinski definition) is 2. The molecule has 0 aliphatic heterocycles. The van der Waals surface area contributed by atoms with Crippen molar-refractivity contribution in [2.45, 2.75) is 11.3 Å². The highest BCUT2D eigenvalue weighted by Gasteiger charge is 2.07. The van der Waals surface area contributed by atoms with Crippen molar-refractivity contribution in [1.29, 1.82) is 0 Å². The quantitative estimate of drug-likeness (QED) is 0.778. The molecule has 0 aliphatic carbocycles. The summed E-state index contributed by atoms with van der Waals surface area (Å²) in [6.07, 6.45) is 0.0489. The van der Waals surface area contributed by atoms with Gasteiger partial charge in [0.15, 0.2) is 0 Å². The molecule has 3 N–H and O–H groups in total. The third-order valence-corrected chi connectivity index (χ3v) is 3.27. The van der Waals surface area contributed by atoms with Gasteiger partial charge in [-0.2, -0.15) is 0 Å². The zero-order chi connectivity index (χ0) is 12.1. The Morgan fingerprint density at radius 3 is 2.25 bits per heavy atom. The lowest BCUT2D eigenvalue weighted by molar-refractivity contribution is -0.117. The molecule has 0 saturated heterocycles. The molecule has 1 aromatic carbocycles. The average molecular weight is 241 g/mol. The van der Waals surface area contributed by atoms with E-state index in [-0.39, 0.29) is 17.7 Å². The largest absolute Gasteiger partial charge is 0.478 e. The maximum absolute atomic E-state index is 11.6. The van der Waals surface area contributed by atoms with Gasteiger partial charge in [-0.25, -0.2) is 4.79 Å². The Balaban J connectivity index is 2.70. The van der Waals surface area contributed by atoms with Crippen molar-refractivity contribution < 1.29 is 18.9 Å². The molecule has 0 bridgehead atoms. The van der Waals surface area contributed by atoms with Crippen LogP contribution in [0.15, 0.2) is 29.2 Å². The van der Waals surface area contributed by atoms with E-state index in [9.17, 15) is 13.8 Å². The van der Waals surface area contributed by atoms with Gasteiger partial charge in [0.2, 0.25) is 5.91 Å². The summed E-state index contributed by atoms with van der Waals surface area (Å²) in [5.74, 6) is -1.38. The summed E-state index contributed by atoms with van der Waals surface area (Å²) in [5, 5.41) is 8.65. The van der Waals surface area contributed by atoms with Crippen LogP contribution in [0.1, 0.15) is 16.8 Å². The first kappa shape index (κ1) is 12.4. The fourth-order valence-corrected chi connectivity index (χ4v) is 2.12. The maximum Gasteiger partial charge on any atom is 0.335 e. The van der Waals surface area contributed by atoms with Crippen molar-refractivity contribution in [3.63, 3.8) is 0 Å². The molecule has 0 fully saturated rings. The third-order valence-electron chi connectivity index (χ3n) is 1.90. The molecule has 0 radical (unpaired) electrons. The number of aromatic carboxylic acids is 1. The van der Waals surface area contributed by atoms with E-state index in [2.05, 4.69) is 0 Å². The lowest BCUT2D eigenvalue weighted by Crippen LogP contribution is -2.14. The Labute approximate surface area is 94.7 Å². The second-order valence-corrected chi connectivity index (χ2v) is 4.67. The minimum atomic E-state index is -1.32. The Morgan fingerprint density at radius 2 is 1.81 bits per heavy atom. The smallest absolute Gasteiger partial charge is 0.335 e. The van der Waals surface area contributed by atoms with Gasteiger partial charge < -0.3 is 10.8 Å². The normalized spacial score (nSPS) is 12.0. The molecule has 0 saturated carbocycles. The number of carboxylic acid groups (broad SMARTS) is 1. The van der Waals surface area contributed by atoms with Crippen LogP contribution in [-0.2, 0) is 15.6 Å². The highest BCUT2D eigenvalue weighted by molar-refractivity contribution is 7.85. The van der Waals surface area contributed by atoms with Crippen LogP contribution >= 0.6 is 0 Å². The van der Waals surface area contributed by atoms with Crippen LogP contribution in [0, 0.1) is 0 Å². The van der Waals surface area contributed by atoms with Crippen molar-refractivity contribution in [2.24, 2.45) is 5.73 Å². The van der Waals surface area contributed by atoms with Gasteiger partial charge >= 0.3 is 5.97 Å². The van der Waals surface area contributed by atoms with Crippen LogP contribution in [0.4, 0.5) is 0 Å². The lowest BCUT2D eigenvalue weighted by atomic mass is 10.2. The zero-order valence-electron chi connectivity index (χ0n) is 8.38. The maximum atomic E-state index is 11.6. The Hall–Kier alpha value is -1.69. The van der Waals surface area contributed by atoms with Crippen LogP contribution in [-0.4, -0.2) is 26.9 Å². The molecule has 1 atom stereocenters. The predicted octanol–water partition coefficient (Wildman–Crippen LogP) is 0.368. The number of primary amides is 1.